The molecule has 0 unspecified atom stereocenters. The van der Waals surface area contributed by atoms with Gasteiger partial charge in [0.25, 0.3) is 0 Å². The number of alkyl halides is 3. The number of halogens is 4. The van der Waals surface area contributed by atoms with E-state index in [1.54, 1.807) is 0 Å². The number of pyridine rings is 1. The maximum atomic E-state index is 12.2. The maximum Gasteiger partial charge on any atom is 0.421 e. The molecule has 0 atom stereocenters. The molecule has 0 radical (unpaired) electrons. The molecule has 0 aliphatic heterocycles. The van der Waals surface area contributed by atoms with Crippen LogP contribution in [0.1, 0.15) is 5.56 Å². The van der Waals surface area contributed by atoms with E-state index in [0.29, 0.717) is 3.70 Å². The summed E-state index contributed by atoms with van der Waals surface area (Å²) >= 11 is 1.82. The predicted octanol–water partition coefficient (Wildman–Crippen LogP) is 2.71. The first-order valence-corrected chi connectivity index (χ1v) is 4.29. The molecule has 6 heteroatoms. The lowest BCUT2D eigenvalue weighted by Crippen LogP contribution is -2.08. The fraction of sp³-hybridized carbons (Fsp3) is 0.286. The highest BCUT2D eigenvalue weighted by molar-refractivity contribution is 14.1. The molecule has 0 aromatic carbocycles. The fourth-order valence-electron chi connectivity index (χ4n) is 0.795. The number of hydrogen-bond acceptors (Lipinski definition) is 2. The fourth-order valence-corrected chi connectivity index (χ4v) is 1.22. The van der Waals surface area contributed by atoms with Crippen molar-refractivity contribution >= 4 is 22.6 Å². The van der Waals surface area contributed by atoms with Crippen LogP contribution in [0.4, 0.5) is 13.2 Å². The molecule has 0 amide bonds. The molecule has 0 saturated carbocycles. The van der Waals surface area contributed by atoms with Crippen LogP contribution in [0, 0.1) is 3.70 Å². The Hall–Kier alpha value is -0.530. The van der Waals surface area contributed by atoms with E-state index in [1.165, 1.54) is 13.2 Å². The van der Waals surface area contributed by atoms with Gasteiger partial charge in [0.05, 0.1) is 7.11 Å². The van der Waals surface area contributed by atoms with Crippen molar-refractivity contribution < 1.29 is 17.9 Å². The van der Waals surface area contributed by atoms with Gasteiger partial charge in [-0.2, -0.15) is 13.2 Å². The van der Waals surface area contributed by atoms with Gasteiger partial charge in [-0.15, -0.1) is 0 Å². The van der Waals surface area contributed by atoms with Crippen LogP contribution in [-0.4, -0.2) is 12.1 Å². The minimum absolute atomic E-state index is 0.202. The van der Waals surface area contributed by atoms with E-state index in [2.05, 4.69) is 9.72 Å². The van der Waals surface area contributed by atoms with Crippen molar-refractivity contribution in [3.63, 3.8) is 0 Å². The Kier molecular flexibility index (Phi) is 2.99. The van der Waals surface area contributed by atoms with Gasteiger partial charge in [-0.25, -0.2) is 4.98 Å². The molecule has 0 saturated heterocycles. The van der Waals surface area contributed by atoms with Gasteiger partial charge in [-0.1, -0.05) is 0 Å². The average molecular weight is 303 g/mol. The molecule has 1 aromatic rings. The summed E-state index contributed by atoms with van der Waals surface area (Å²) in [5.74, 6) is -0.202. The normalized spacial score (nSPS) is 11.5. The van der Waals surface area contributed by atoms with Gasteiger partial charge in [0.2, 0.25) is 0 Å². The van der Waals surface area contributed by atoms with E-state index >= 15 is 0 Å². The predicted molar refractivity (Wildman–Crippen MR) is 48.5 cm³/mol. The summed E-state index contributed by atoms with van der Waals surface area (Å²) in [6.07, 6.45) is -3.65. The van der Waals surface area contributed by atoms with Crippen molar-refractivity contribution in [1.82, 2.24) is 4.98 Å². The van der Waals surface area contributed by atoms with E-state index in [1.807, 2.05) is 22.6 Å². The Morgan fingerprint density at radius 3 is 2.54 bits per heavy atom. The summed E-state index contributed by atoms with van der Waals surface area (Å²) in [7, 11) is 1.20. The van der Waals surface area contributed by atoms with Gasteiger partial charge < -0.3 is 4.74 Å². The van der Waals surface area contributed by atoms with E-state index in [0.717, 1.165) is 6.20 Å². The third kappa shape index (κ3) is 2.45. The Morgan fingerprint density at radius 1 is 1.46 bits per heavy atom. The third-order valence-corrected chi connectivity index (χ3v) is 1.95. The minimum Gasteiger partial charge on any atom is -0.496 e. The summed E-state index contributed by atoms with van der Waals surface area (Å²) < 4.78 is 41.8. The van der Waals surface area contributed by atoms with Crippen molar-refractivity contribution in [2.75, 3.05) is 7.11 Å². The molecule has 0 fully saturated rings. The quantitative estimate of drug-likeness (QED) is 0.588. The summed E-state index contributed by atoms with van der Waals surface area (Å²) in [6, 6.07) is 1.24. The first-order valence-electron chi connectivity index (χ1n) is 3.22. The van der Waals surface area contributed by atoms with Crippen molar-refractivity contribution in [3.8, 4) is 5.75 Å². The van der Waals surface area contributed by atoms with Crippen LogP contribution in [0.3, 0.4) is 0 Å². The molecular weight excluding hydrogens is 298 g/mol. The third-order valence-electron chi connectivity index (χ3n) is 1.36. The zero-order chi connectivity index (χ0) is 10.1. The Bertz CT molecular complexity index is 313. The molecule has 72 valence electrons. The lowest BCUT2D eigenvalue weighted by Gasteiger charge is -2.10. The molecule has 0 bridgehead atoms. The highest BCUT2D eigenvalue weighted by Crippen LogP contribution is 2.35. The van der Waals surface area contributed by atoms with Gasteiger partial charge in [0.1, 0.15) is 15.0 Å². The van der Waals surface area contributed by atoms with E-state index in [9.17, 15) is 13.2 Å². The molecule has 1 heterocycles. The molecule has 1 aromatic heterocycles. The Labute approximate surface area is 86.3 Å². The molecule has 0 aliphatic rings. The van der Waals surface area contributed by atoms with E-state index < -0.39 is 11.7 Å². The van der Waals surface area contributed by atoms with Crippen LogP contribution in [-0.2, 0) is 6.18 Å². The lowest BCUT2D eigenvalue weighted by molar-refractivity contribution is -0.139. The summed E-state index contributed by atoms with van der Waals surface area (Å²) in [5, 5.41) is 0. The van der Waals surface area contributed by atoms with Gasteiger partial charge >= 0.3 is 6.18 Å². The standard InChI is InChI=1S/C7H5F3INO/c1-13-5-2-6(11)12-3-4(5)7(8,9)10/h2-3H,1H3. The smallest absolute Gasteiger partial charge is 0.421 e. The number of rotatable bonds is 1. The van der Waals surface area contributed by atoms with Crippen LogP contribution in [0.25, 0.3) is 0 Å². The first kappa shape index (κ1) is 10.6. The number of methoxy groups -OCH3 is 1. The van der Waals surface area contributed by atoms with Gasteiger partial charge in [0.15, 0.2) is 0 Å². The largest absolute Gasteiger partial charge is 0.496 e. The molecule has 13 heavy (non-hydrogen) atoms. The first-order chi connectivity index (χ1) is 5.95. The van der Waals surface area contributed by atoms with Crippen molar-refractivity contribution in [1.29, 1.82) is 0 Å². The molecule has 0 aliphatic carbocycles. The number of aromatic nitrogens is 1. The Balaban J connectivity index is 3.22. The summed E-state index contributed by atoms with van der Waals surface area (Å²) in [6.45, 7) is 0. The average Bonchev–Trinajstić information content (AvgIpc) is 2.01. The SMILES string of the molecule is COc1cc(I)ncc1C(F)(F)F. The summed E-state index contributed by atoms with van der Waals surface area (Å²) in [4.78, 5) is 3.54. The van der Waals surface area contributed by atoms with Crippen LogP contribution < -0.4 is 4.74 Å². The zero-order valence-corrected chi connectivity index (χ0v) is 8.68. The molecule has 1 rings (SSSR count). The topological polar surface area (TPSA) is 22.1 Å². The number of ether oxygens (including phenoxy) is 1. The second-order valence-corrected chi connectivity index (χ2v) is 3.31. The van der Waals surface area contributed by atoms with E-state index in [4.69, 9.17) is 0 Å². The van der Waals surface area contributed by atoms with Crippen molar-refractivity contribution in [2.45, 2.75) is 6.18 Å². The zero-order valence-electron chi connectivity index (χ0n) is 6.52. The minimum atomic E-state index is -4.41. The van der Waals surface area contributed by atoms with Gasteiger partial charge in [0, 0.05) is 12.3 Å². The maximum absolute atomic E-state index is 12.2. The second-order valence-electron chi connectivity index (χ2n) is 2.21. The van der Waals surface area contributed by atoms with Crippen LogP contribution in [0.15, 0.2) is 12.3 Å². The van der Waals surface area contributed by atoms with Gasteiger partial charge in [-0.3, -0.25) is 0 Å². The summed E-state index contributed by atoms with van der Waals surface area (Å²) in [5.41, 5.74) is -0.851. The highest BCUT2D eigenvalue weighted by Gasteiger charge is 2.34. The highest BCUT2D eigenvalue weighted by atomic mass is 127. The van der Waals surface area contributed by atoms with Gasteiger partial charge in [-0.05, 0) is 22.6 Å². The molecule has 0 N–H and O–H groups in total. The van der Waals surface area contributed by atoms with Crippen LogP contribution in [0.5, 0.6) is 5.75 Å². The van der Waals surface area contributed by atoms with Crippen molar-refractivity contribution in [2.24, 2.45) is 0 Å². The molecule has 0 spiro atoms. The molecular formula is C7H5F3INO. The number of nitrogens with zero attached hydrogens (tertiary/aromatic N) is 1. The van der Waals surface area contributed by atoms with Crippen LogP contribution >= 0.6 is 22.6 Å². The van der Waals surface area contributed by atoms with E-state index in [-0.39, 0.29) is 5.75 Å². The second kappa shape index (κ2) is 3.69. The number of hydrogen-bond donors (Lipinski definition) is 0. The van der Waals surface area contributed by atoms with Crippen molar-refractivity contribution in [3.05, 3.63) is 21.5 Å². The Morgan fingerprint density at radius 2 is 2.08 bits per heavy atom. The lowest BCUT2D eigenvalue weighted by atomic mass is 10.2. The monoisotopic (exact) mass is 303 g/mol. The molecule has 2 nitrogen and oxygen atoms in total. The van der Waals surface area contributed by atoms with Crippen LogP contribution in [0.2, 0.25) is 0 Å².